The molecular formula is C18H27NO2. The lowest BCUT2D eigenvalue weighted by Gasteiger charge is -2.29. The van der Waals surface area contributed by atoms with Crippen molar-refractivity contribution < 1.29 is 9.47 Å². The first-order valence-electron chi connectivity index (χ1n) is 8.34. The van der Waals surface area contributed by atoms with Crippen LogP contribution >= 0.6 is 0 Å². The Morgan fingerprint density at radius 3 is 2.57 bits per heavy atom. The second-order valence-corrected chi connectivity index (χ2v) is 6.54. The lowest BCUT2D eigenvalue weighted by atomic mass is 9.77. The van der Waals surface area contributed by atoms with Gasteiger partial charge in [-0.05, 0) is 68.8 Å². The highest BCUT2D eigenvalue weighted by Crippen LogP contribution is 2.44. The van der Waals surface area contributed by atoms with Crippen molar-refractivity contribution in [3.05, 3.63) is 23.8 Å². The van der Waals surface area contributed by atoms with Crippen LogP contribution in [0, 0.1) is 5.41 Å². The Balaban J connectivity index is 1.63. The minimum atomic E-state index is 0.566. The molecule has 1 aromatic carbocycles. The molecule has 0 saturated heterocycles. The number of aryl methyl sites for hydroxylation is 1. The van der Waals surface area contributed by atoms with Crippen LogP contribution < -0.4 is 14.8 Å². The highest BCUT2D eigenvalue weighted by Gasteiger charge is 2.32. The van der Waals surface area contributed by atoms with Gasteiger partial charge in [-0.1, -0.05) is 18.9 Å². The highest BCUT2D eigenvalue weighted by molar-refractivity contribution is 5.43. The van der Waals surface area contributed by atoms with Crippen molar-refractivity contribution in [2.45, 2.75) is 44.9 Å². The molecule has 3 rings (SSSR count). The second-order valence-electron chi connectivity index (χ2n) is 6.54. The van der Waals surface area contributed by atoms with E-state index < -0.39 is 0 Å². The molecule has 1 aliphatic heterocycles. The van der Waals surface area contributed by atoms with E-state index in [2.05, 4.69) is 30.6 Å². The van der Waals surface area contributed by atoms with Gasteiger partial charge in [0.25, 0.3) is 0 Å². The van der Waals surface area contributed by atoms with Crippen LogP contribution in [0.1, 0.15) is 44.1 Å². The molecule has 0 radical (unpaired) electrons. The van der Waals surface area contributed by atoms with E-state index in [1.54, 1.807) is 0 Å². The summed E-state index contributed by atoms with van der Waals surface area (Å²) in [4.78, 5) is 0. The van der Waals surface area contributed by atoms with Crippen LogP contribution in [-0.4, -0.2) is 26.8 Å². The van der Waals surface area contributed by atoms with E-state index in [9.17, 15) is 0 Å². The zero-order chi connectivity index (χ0) is 14.5. The van der Waals surface area contributed by atoms with Crippen LogP contribution in [0.3, 0.4) is 0 Å². The monoisotopic (exact) mass is 289 g/mol. The number of ether oxygens (including phenoxy) is 2. The Kier molecular flexibility index (Phi) is 4.69. The average Bonchev–Trinajstić information content (AvgIpc) is 3.00. The summed E-state index contributed by atoms with van der Waals surface area (Å²) in [5.41, 5.74) is 1.95. The van der Waals surface area contributed by atoms with E-state index in [0.717, 1.165) is 24.5 Å². The molecule has 1 aromatic rings. The molecule has 1 saturated carbocycles. The third kappa shape index (κ3) is 3.52. The van der Waals surface area contributed by atoms with Crippen molar-refractivity contribution in [3.63, 3.8) is 0 Å². The molecule has 1 N–H and O–H groups in total. The van der Waals surface area contributed by atoms with Crippen molar-refractivity contribution in [2.75, 3.05) is 26.8 Å². The highest BCUT2D eigenvalue weighted by atomic mass is 16.6. The van der Waals surface area contributed by atoms with Gasteiger partial charge in [-0.25, -0.2) is 0 Å². The Morgan fingerprint density at radius 1 is 1.05 bits per heavy atom. The van der Waals surface area contributed by atoms with Gasteiger partial charge in [0.15, 0.2) is 11.5 Å². The molecule has 0 amide bonds. The molecule has 0 atom stereocenters. The molecule has 1 aliphatic carbocycles. The molecule has 21 heavy (non-hydrogen) atoms. The van der Waals surface area contributed by atoms with Crippen LogP contribution in [0.2, 0.25) is 0 Å². The first-order chi connectivity index (χ1) is 10.3. The lowest BCUT2D eigenvalue weighted by molar-refractivity contribution is 0.171. The zero-order valence-electron chi connectivity index (χ0n) is 13.1. The second kappa shape index (κ2) is 6.69. The van der Waals surface area contributed by atoms with Gasteiger partial charge in [0, 0.05) is 0 Å². The van der Waals surface area contributed by atoms with Gasteiger partial charge in [0.05, 0.1) is 0 Å². The number of hydrogen-bond acceptors (Lipinski definition) is 3. The predicted molar refractivity (Wildman–Crippen MR) is 85.2 cm³/mol. The summed E-state index contributed by atoms with van der Waals surface area (Å²) in [6.07, 6.45) is 9.39. The minimum Gasteiger partial charge on any atom is -0.486 e. The molecule has 2 aliphatic rings. The fourth-order valence-corrected chi connectivity index (χ4v) is 3.79. The Hall–Kier alpha value is -1.22. The Morgan fingerprint density at radius 2 is 1.81 bits per heavy atom. The fraction of sp³-hybridized carbons (Fsp3) is 0.667. The van der Waals surface area contributed by atoms with E-state index in [0.29, 0.717) is 18.6 Å². The third-order valence-electron chi connectivity index (χ3n) is 5.12. The first-order valence-corrected chi connectivity index (χ1v) is 8.34. The molecule has 0 spiro atoms. The first kappa shape index (κ1) is 14.7. The Labute approximate surface area is 128 Å². The lowest BCUT2D eigenvalue weighted by Crippen LogP contribution is -2.23. The average molecular weight is 289 g/mol. The molecule has 1 fully saturated rings. The zero-order valence-corrected chi connectivity index (χ0v) is 13.1. The number of rotatable bonds is 6. The molecule has 1 heterocycles. The molecule has 0 bridgehead atoms. The van der Waals surface area contributed by atoms with Crippen LogP contribution in [0.25, 0.3) is 0 Å². The van der Waals surface area contributed by atoms with Gasteiger partial charge in [0.2, 0.25) is 0 Å². The summed E-state index contributed by atoms with van der Waals surface area (Å²) >= 11 is 0. The van der Waals surface area contributed by atoms with Gasteiger partial charge in [-0.3, -0.25) is 0 Å². The quantitative estimate of drug-likeness (QED) is 0.868. The van der Waals surface area contributed by atoms with Gasteiger partial charge in [-0.15, -0.1) is 0 Å². The normalized spacial score (nSPS) is 19.7. The van der Waals surface area contributed by atoms with Crippen LogP contribution in [-0.2, 0) is 6.42 Å². The van der Waals surface area contributed by atoms with E-state index >= 15 is 0 Å². The summed E-state index contributed by atoms with van der Waals surface area (Å²) in [5.74, 6) is 1.82. The van der Waals surface area contributed by atoms with Crippen molar-refractivity contribution in [2.24, 2.45) is 5.41 Å². The predicted octanol–water partition coefficient (Wildman–Crippen LogP) is 3.56. The van der Waals surface area contributed by atoms with Crippen LogP contribution in [0.4, 0.5) is 0 Å². The molecule has 3 heteroatoms. The van der Waals surface area contributed by atoms with Crippen molar-refractivity contribution in [1.29, 1.82) is 0 Å². The van der Waals surface area contributed by atoms with Crippen molar-refractivity contribution in [3.8, 4) is 11.5 Å². The summed E-state index contributed by atoms with van der Waals surface area (Å²) in [7, 11) is 2.06. The molecule has 3 nitrogen and oxygen atoms in total. The van der Waals surface area contributed by atoms with Gasteiger partial charge >= 0.3 is 0 Å². The topological polar surface area (TPSA) is 30.5 Å². The Bertz CT molecular complexity index is 466. The number of benzene rings is 1. The van der Waals surface area contributed by atoms with E-state index in [4.69, 9.17) is 9.47 Å². The van der Waals surface area contributed by atoms with Gasteiger partial charge in [0.1, 0.15) is 13.2 Å². The van der Waals surface area contributed by atoms with E-state index in [1.807, 2.05) is 0 Å². The number of fused-ring (bicyclic) bond motifs is 1. The maximum absolute atomic E-state index is 5.69. The molecule has 0 aromatic heterocycles. The van der Waals surface area contributed by atoms with E-state index in [1.165, 1.54) is 44.1 Å². The molecule has 0 unspecified atom stereocenters. The summed E-state index contributed by atoms with van der Waals surface area (Å²) in [5, 5.41) is 3.32. The molecule has 116 valence electrons. The summed E-state index contributed by atoms with van der Waals surface area (Å²) in [6.45, 7) is 2.48. The van der Waals surface area contributed by atoms with Gasteiger partial charge < -0.3 is 14.8 Å². The largest absolute Gasteiger partial charge is 0.486 e. The van der Waals surface area contributed by atoms with Crippen LogP contribution in [0.15, 0.2) is 18.2 Å². The third-order valence-corrected chi connectivity index (χ3v) is 5.12. The number of hydrogen-bond donors (Lipinski definition) is 1. The summed E-state index contributed by atoms with van der Waals surface area (Å²) < 4.78 is 11.3. The van der Waals surface area contributed by atoms with Crippen LogP contribution in [0.5, 0.6) is 11.5 Å². The SMILES string of the molecule is CNCCC1(CCc2ccc3c(c2)OCCO3)CCCC1. The minimum absolute atomic E-state index is 0.566. The van der Waals surface area contributed by atoms with Gasteiger partial charge in [-0.2, -0.15) is 0 Å². The maximum atomic E-state index is 5.69. The maximum Gasteiger partial charge on any atom is 0.161 e. The van der Waals surface area contributed by atoms with Crippen molar-refractivity contribution >= 4 is 0 Å². The fourth-order valence-electron chi connectivity index (χ4n) is 3.79. The van der Waals surface area contributed by atoms with Crippen molar-refractivity contribution in [1.82, 2.24) is 5.32 Å². The number of nitrogens with one attached hydrogen (secondary N) is 1. The standard InChI is InChI=1S/C18H27NO2/c1-19-11-10-18(7-2-3-8-18)9-6-15-4-5-16-17(14-15)21-13-12-20-16/h4-5,14,19H,2-3,6-13H2,1H3. The molecular weight excluding hydrogens is 262 g/mol. The smallest absolute Gasteiger partial charge is 0.161 e. The summed E-state index contributed by atoms with van der Waals surface area (Å²) in [6, 6.07) is 6.45. The van der Waals surface area contributed by atoms with E-state index in [-0.39, 0.29) is 0 Å².